The third-order valence-corrected chi connectivity index (χ3v) is 7.20. The monoisotopic (exact) mass is 739 g/mol. The van der Waals surface area contributed by atoms with Gasteiger partial charge in [0.1, 0.15) is 18.1 Å². The van der Waals surface area contributed by atoms with E-state index in [4.69, 9.17) is 11.6 Å². The van der Waals surface area contributed by atoms with Gasteiger partial charge < -0.3 is 10.6 Å². The number of hydrogen-bond donors (Lipinski definition) is 2. The number of anilines is 1. The van der Waals surface area contributed by atoms with Crippen molar-refractivity contribution in [1.82, 2.24) is 40.3 Å². The molecule has 226 valence electrons. The molecule has 0 spiro atoms. The van der Waals surface area contributed by atoms with Crippen LogP contribution in [0, 0.1) is 16.3 Å². The number of nitrogens with zero attached hydrogens (tertiary/aromatic N) is 7. The number of carbonyl (C=O) groups is 2. The van der Waals surface area contributed by atoms with Gasteiger partial charge in [0.15, 0.2) is 5.82 Å². The molecule has 3 heterocycles. The lowest BCUT2D eigenvalue weighted by molar-refractivity contribution is -0.145. The first-order valence-electron chi connectivity index (χ1n) is 12.6. The second kappa shape index (κ2) is 12.7. The Morgan fingerprint density at radius 1 is 1.05 bits per heavy atom. The molecule has 0 unspecified atom stereocenters. The molecule has 3 aromatic heterocycles. The maximum Gasteiger partial charge on any atom is 0.455 e. The predicted molar refractivity (Wildman–Crippen MR) is 158 cm³/mol. The van der Waals surface area contributed by atoms with Crippen molar-refractivity contribution in [2.75, 3.05) is 5.32 Å². The van der Waals surface area contributed by atoms with Gasteiger partial charge in [-0.25, -0.2) is 14.1 Å². The molecular formula is C27H19ClF4IN9O2. The molecule has 0 aliphatic carbocycles. The Morgan fingerprint density at radius 3 is 2.48 bits per heavy atom. The molecule has 0 aliphatic heterocycles. The standard InChI is InChI=1S/C27H19ClF4IN9O2/c1-14-20(29)9-8-18(24(43)35-12-15-4-6-16(33)7-5-15)22(14)36-25(44)21-11-17(13-41-39-26(37-40-41)27(30,31)32)38-42(21)23-19(28)3-2-10-34-23/h2-11H,12-13H2,1H3,(H,35,43)(H,36,44). The fraction of sp³-hybridized carbons (Fsp3) is 0.148. The number of alkyl halides is 3. The van der Waals surface area contributed by atoms with Crippen LogP contribution >= 0.6 is 34.2 Å². The first-order chi connectivity index (χ1) is 20.9. The summed E-state index contributed by atoms with van der Waals surface area (Å²) in [5, 5.41) is 19.4. The lowest BCUT2D eigenvalue weighted by Gasteiger charge is -2.15. The molecule has 0 fully saturated rings. The normalized spacial score (nSPS) is 11.4. The zero-order valence-corrected chi connectivity index (χ0v) is 25.3. The van der Waals surface area contributed by atoms with Gasteiger partial charge in [-0.1, -0.05) is 23.7 Å². The number of halogens is 6. The number of pyridine rings is 1. The van der Waals surface area contributed by atoms with Gasteiger partial charge in [-0.2, -0.15) is 23.1 Å². The molecule has 0 bridgehead atoms. The lowest BCUT2D eigenvalue weighted by Crippen LogP contribution is -2.26. The highest BCUT2D eigenvalue weighted by molar-refractivity contribution is 14.1. The number of carbonyl (C=O) groups excluding carboxylic acids is 2. The van der Waals surface area contributed by atoms with Gasteiger partial charge in [0.05, 0.1) is 22.0 Å². The third-order valence-electron chi connectivity index (χ3n) is 6.19. The molecule has 0 aliphatic rings. The average molecular weight is 740 g/mol. The van der Waals surface area contributed by atoms with Crippen LogP contribution in [0.2, 0.25) is 5.02 Å². The van der Waals surface area contributed by atoms with E-state index in [1.807, 2.05) is 24.3 Å². The van der Waals surface area contributed by atoms with Gasteiger partial charge >= 0.3 is 6.18 Å². The van der Waals surface area contributed by atoms with Crippen molar-refractivity contribution >= 4 is 51.7 Å². The predicted octanol–water partition coefficient (Wildman–Crippen LogP) is 5.21. The number of rotatable bonds is 8. The maximum absolute atomic E-state index is 14.7. The third kappa shape index (κ3) is 6.85. The summed E-state index contributed by atoms with van der Waals surface area (Å²) in [6.07, 6.45) is -3.41. The van der Waals surface area contributed by atoms with Crippen LogP contribution in [0.1, 0.15) is 43.5 Å². The Bertz CT molecular complexity index is 1860. The minimum atomic E-state index is -4.81. The van der Waals surface area contributed by atoms with Gasteiger partial charge in [0.2, 0.25) is 0 Å². The highest BCUT2D eigenvalue weighted by Crippen LogP contribution is 2.27. The Labute approximate surface area is 264 Å². The molecule has 17 heteroatoms. The van der Waals surface area contributed by atoms with E-state index in [2.05, 4.69) is 58.7 Å². The van der Waals surface area contributed by atoms with Crippen molar-refractivity contribution in [3.05, 3.63) is 109 Å². The molecule has 44 heavy (non-hydrogen) atoms. The van der Waals surface area contributed by atoms with Crippen LogP contribution in [0.3, 0.4) is 0 Å². The zero-order chi connectivity index (χ0) is 31.6. The summed E-state index contributed by atoms with van der Waals surface area (Å²) in [5.41, 5.74) is 0.603. The number of hydrogen-bond acceptors (Lipinski definition) is 7. The van der Waals surface area contributed by atoms with Crippen molar-refractivity contribution in [2.45, 2.75) is 26.2 Å². The van der Waals surface area contributed by atoms with Crippen LogP contribution in [-0.4, -0.2) is 46.8 Å². The topological polar surface area (TPSA) is 133 Å². The summed E-state index contributed by atoms with van der Waals surface area (Å²) < 4.78 is 55.6. The van der Waals surface area contributed by atoms with Gasteiger partial charge in [0, 0.05) is 21.9 Å². The molecule has 2 aromatic carbocycles. The quantitative estimate of drug-likeness (QED) is 0.165. The van der Waals surface area contributed by atoms with Crippen molar-refractivity contribution in [3.8, 4) is 5.82 Å². The van der Waals surface area contributed by atoms with E-state index in [9.17, 15) is 27.2 Å². The highest BCUT2D eigenvalue weighted by Gasteiger charge is 2.37. The van der Waals surface area contributed by atoms with E-state index in [0.29, 0.717) is 4.80 Å². The largest absolute Gasteiger partial charge is 0.455 e. The molecule has 11 nitrogen and oxygen atoms in total. The minimum Gasteiger partial charge on any atom is -0.348 e. The fourth-order valence-electron chi connectivity index (χ4n) is 4.03. The zero-order valence-electron chi connectivity index (χ0n) is 22.4. The van der Waals surface area contributed by atoms with Crippen LogP contribution in [0.15, 0.2) is 60.8 Å². The second-order valence-electron chi connectivity index (χ2n) is 9.24. The van der Waals surface area contributed by atoms with Crippen LogP contribution in [-0.2, 0) is 19.3 Å². The smallest absolute Gasteiger partial charge is 0.348 e. The lowest BCUT2D eigenvalue weighted by atomic mass is 10.1. The molecular weight excluding hydrogens is 721 g/mol. The Hall–Kier alpha value is -4.45. The highest BCUT2D eigenvalue weighted by atomic mass is 127. The van der Waals surface area contributed by atoms with Crippen molar-refractivity contribution in [2.24, 2.45) is 0 Å². The van der Waals surface area contributed by atoms with Crippen LogP contribution < -0.4 is 10.6 Å². The van der Waals surface area contributed by atoms with Gasteiger partial charge in [0.25, 0.3) is 17.6 Å². The Morgan fingerprint density at radius 2 is 1.80 bits per heavy atom. The number of nitrogens with one attached hydrogen (secondary N) is 2. The van der Waals surface area contributed by atoms with Crippen LogP contribution in [0.25, 0.3) is 5.82 Å². The second-order valence-corrected chi connectivity index (χ2v) is 10.9. The van der Waals surface area contributed by atoms with Gasteiger partial charge in [-0.15, -0.1) is 10.2 Å². The summed E-state index contributed by atoms with van der Waals surface area (Å²) in [5.74, 6) is -3.50. The molecule has 0 saturated carbocycles. The number of aromatic nitrogens is 7. The first kappa shape index (κ1) is 31.0. The molecule has 0 atom stereocenters. The molecule has 5 rings (SSSR count). The Kier molecular flexibility index (Phi) is 8.91. The fourth-order valence-corrected chi connectivity index (χ4v) is 4.59. The van der Waals surface area contributed by atoms with Crippen LogP contribution in [0.5, 0.6) is 0 Å². The maximum atomic E-state index is 14.7. The molecule has 2 amide bonds. The van der Waals surface area contributed by atoms with E-state index in [1.165, 1.54) is 31.3 Å². The first-order valence-corrected chi connectivity index (χ1v) is 14.0. The van der Waals surface area contributed by atoms with Crippen molar-refractivity contribution < 1.29 is 27.2 Å². The van der Waals surface area contributed by atoms with E-state index < -0.39 is 36.2 Å². The summed E-state index contributed by atoms with van der Waals surface area (Å²) in [4.78, 5) is 31.7. The molecule has 0 saturated heterocycles. The van der Waals surface area contributed by atoms with Crippen molar-refractivity contribution in [3.63, 3.8) is 0 Å². The molecule has 0 radical (unpaired) electrons. The summed E-state index contributed by atoms with van der Waals surface area (Å²) in [6.45, 7) is 1.18. The number of tetrazole rings is 1. The Balaban J connectivity index is 1.47. The average Bonchev–Trinajstić information content (AvgIpc) is 3.63. The van der Waals surface area contributed by atoms with E-state index in [0.717, 1.165) is 19.9 Å². The van der Waals surface area contributed by atoms with E-state index >= 15 is 0 Å². The van der Waals surface area contributed by atoms with Crippen molar-refractivity contribution in [1.29, 1.82) is 0 Å². The van der Waals surface area contributed by atoms with Gasteiger partial charge in [-0.3, -0.25) is 9.59 Å². The summed E-state index contributed by atoms with van der Waals surface area (Å²) in [6, 6.07) is 14.1. The van der Waals surface area contributed by atoms with Crippen LogP contribution in [0.4, 0.5) is 23.2 Å². The van der Waals surface area contributed by atoms with E-state index in [-0.39, 0.29) is 45.6 Å². The molecule has 5 aromatic rings. The van der Waals surface area contributed by atoms with Gasteiger partial charge in [-0.05, 0) is 82.8 Å². The number of benzene rings is 2. The summed E-state index contributed by atoms with van der Waals surface area (Å²) >= 11 is 8.46. The molecule has 2 N–H and O–H groups in total. The minimum absolute atomic E-state index is 0.00332. The SMILES string of the molecule is Cc1c(F)ccc(C(=O)NCc2ccc(I)cc2)c1NC(=O)c1cc(Cn2nnc(C(F)(F)F)n2)nn1-c1ncccc1Cl. The van der Waals surface area contributed by atoms with E-state index in [1.54, 1.807) is 6.07 Å². The summed E-state index contributed by atoms with van der Waals surface area (Å²) in [7, 11) is 0. The number of amides is 2.